The zero-order valence-corrected chi connectivity index (χ0v) is 18.9. The molecule has 0 aliphatic heterocycles. The first-order chi connectivity index (χ1) is 14.7. The van der Waals surface area contributed by atoms with Crippen molar-refractivity contribution in [3.63, 3.8) is 0 Å². The Kier molecular flexibility index (Phi) is 8.17. The molecule has 2 aromatic rings. The van der Waals surface area contributed by atoms with E-state index in [4.69, 9.17) is 9.47 Å². The smallest absolute Gasteiger partial charge is 0.349 e. The molecule has 1 amide bonds. The molecule has 31 heavy (non-hydrogen) atoms. The zero-order valence-electron chi connectivity index (χ0n) is 18.9. The fourth-order valence-electron chi connectivity index (χ4n) is 3.26. The summed E-state index contributed by atoms with van der Waals surface area (Å²) in [5.74, 6) is -1.30. The summed E-state index contributed by atoms with van der Waals surface area (Å²) in [4.78, 5) is 25.0. The first-order valence-corrected chi connectivity index (χ1v) is 10.0. The molecule has 164 valence electrons. The fraction of sp³-hybridized carbons (Fsp3) is 0.375. The molecule has 0 bridgehead atoms. The van der Waals surface area contributed by atoms with E-state index in [0.29, 0.717) is 18.8 Å². The van der Waals surface area contributed by atoms with Crippen LogP contribution < -0.4 is 5.32 Å². The number of methoxy groups -OCH3 is 1. The molecule has 2 rings (SSSR count). The Morgan fingerprint density at radius 2 is 1.94 bits per heavy atom. The molecule has 0 fully saturated rings. The highest BCUT2D eigenvalue weighted by atomic mass is 16.5. The molecule has 0 spiro atoms. The lowest BCUT2D eigenvalue weighted by Crippen LogP contribution is -2.30. The molecule has 0 saturated carbocycles. The number of hydrogen-bond acceptors (Lipinski definition) is 5. The lowest BCUT2D eigenvalue weighted by Gasteiger charge is -2.15. The van der Waals surface area contributed by atoms with Gasteiger partial charge in [-0.25, -0.2) is 4.79 Å². The number of nitriles is 1. The minimum atomic E-state index is -1.06. The second-order valence-corrected chi connectivity index (χ2v) is 7.50. The van der Waals surface area contributed by atoms with Crippen LogP contribution in [0.2, 0.25) is 0 Å². The number of esters is 1. The van der Waals surface area contributed by atoms with E-state index >= 15 is 0 Å². The molecule has 0 aliphatic rings. The molecule has 0 unspecified atom stereocenters. The normalized spacial score (nSPS) is 12.2. The second kappa shape index (κ2) is 10.6. The summed E-state index contributed by atoms with van der Waals surface area (Å²) >= 11 is 0. The van der Waals surface area contributed by atoms with Crippen LogP contribution in [0.5, 0.6) is 0 Å². The van der Waals surface area contributed by atoms with Crippen LogP contribution in [0.15, 0.2) is 29.8 Å². The van der Waals surface area contributed by atoms with Crippen LogP contribution in [0.4, 0.5) is 5.69 Å². The number of nitrogens with one attached hydrogen (secondary N) is 1. The van der Waals surface area contributed by atoms with Crippen molar-refractivity contribution >= 4 is 23.6 Å². The molecule has 0 saturated heterocycles. The number of amides is 1. The van der Waals surface area contributed by atoms with Crippen LogP contribution in [0.25, 0.3) is 6.08 Å². The van der Waals surface area contributed by atoms with Gasteiger partial charge in [0.15, 0.2) is 6.10 Å². The van der Waals surface area contributed by atoms with Crippen molar-refractivity contribution in [3.8, 4) is 6.07 Å². The number of carbonyl (C=O) groups excluding carboxylic acids is 2. The quantitative estimate of drug-likeness (QED) is 0.395. The van der Waals surface area contributed by atoms with E-state index in [9.17, 15) is 14.9 Å². The first kappa shape index (κ1) is 23.9. The van der Waals surface area contributed by atoms with Crippen LogP contribution in [0.1, 0.15) is 35.0 Å². The summed E-state index contributed by atoms with van der Waals surface area (Å²) in [6.45, 7) is 10.4. The standard InChI is InChI=1S/C24H29N3O4/c1-15-7-8-22(16(2)11-15)26-23(28)19(5)31-24(29)21(14-25)13-20-12-17(3)27(18(20)4)9-10-30-6/h7-8,11-13,19H,9-10H2,1-6H3,(H,26,28)/b21-13+/t19-/m1/s1. The number of carbonyl (C=O) groups is 2. The zero-order chi connectivity index (χ0) is 23.1. The molecule has 1 aromatic carbocycles. The molecule has 1 aromatic heterocycles. The van der Waals surface area contributed by atoms with Crippen LogP contribution in [0.3, 0.4) is 0 Å². The van der Waals surface area contributed by atoms with Gasteiger partial charge in [0.1, 0.15) is 11.6 Å². The van der Waals surface area contributed by atoms with Gasteiger partial charge in [0.2, 0.25) is 0 Å². The molecule has 7 heteroatoms. The maximum absolute atomic E-state index is 12.5. The van der Waals surface area contributed by atoms with Gasteiger partial charge in [-0.15, -0.1) is 0 Å². The number of anilines is 1. The van der Waals surface area contributed by atoms with E-state index in [0.717, 1.165) is 28.1 Å². The number of rotatable bonds is 8. The molecular weight excluding hydrogens is 394 g/mol. The minimum Gasteiger partial charge on any atom is -0.448 e. The average molecular weight is 424 g/mol. The van der Waals surface area contributed by atoms with Gasteiger partial charge >= 0.3 is 5.97 Å². The van der Waals surface area contributed by atoms with E-state index < -0.39 is 18.0 Å². The Bertz CT molecular complexity index is 1040. The molecule has 0 aliphatic carbocycles. The first-order valence-electron chi connectivity index (χ1n) is 10.0. The fourth-order valence-corrected chi connectivity index (χ4v) is 3.26. The number of hydrogen-bond donors (Lipinski definition) is 1. The van der Waals surface area contributed by atoms with Gasteiger partial charge in [-0.05, 0) is 64.0 Å². The van der Waals surface area contributed by atoms with Crippen molar-refractivity contribution in [3.05, 3.63) is 57.9 Å². The van der Waals surface area contributed by atoms with Gasteiger partial charge in [-0.3, -0.25) is 4.79 Å². The Labute approximate surface area is 183 Å². The van der Waals surface area contributed by atoms with E-state index in [1.54, 1.807) is 13.2 Å². The number of benzene rings is 1. The van der Waals surface area contributed by atoms with Gasteiger partial charge in [-0.2, -0.15) is 5.26 Å². The molecular formula is C24H29N3O4. The van der Waals surface area contributed by atoms with Crippen molar-refractivity contribution < 1.29 is 19.1 Å². The number of aryl methyl sites for hydroxylation is 3. The van der Waals surface area contributed by atoms with Crippen molar-refractivity contribution in [1.29, 1.82) is 5.26 Å². The van der Waals surface area contributed by atoms with E-state index in [2.05, 4.69) is 9.88 Å². The Morgan fingerprint density at radius 3 is 2.55 bits per heavy atom. The van der Waals surface area contributed by atoms with Crippen molar-refractivity contribution in [2.24, 2.45) is 0 Å². The third-order valence-electron chi connectivity index (χ3n) is 5.06. The molecule has 1 N–H and O–H groups in total. The summed E-state index contributed by atoms with van der Waals surface area (Å²) in [6, 6.07) is 9.42. The highest BCUT2D eigenvalue weighted by Crippen LogP contribution is 2.20. The van der Waals surface area contributed by atoms with Gasteiger partial charge in [0, 0.05) is 30.7 Å². The number of nitrogens with zero attached hydrogens (tertiary/aromatic N) is 2. The summed E-state index contributed by atoms with van der Waals surface area (Å²) in [7, 11) is 1.64. The highest BCUT2D eigenvalue weighted by molar-refractivity contribution is 6.01. The van der Waals surface area contributed by atoms with Crippen LogP contribution in [-0.2, 0) is 25.6 Å². The van der Waals surface area contributed by atoms with Crippen molar-refractivity contribution in [1.82, 2.24) is 4.57 Å². The number of ether oxygens (including phenoxy) is 2. The number of aromatic nitrogens is 1. The van der Waals surface area contributed by atoms with Crippen LogP contribution in [-0.4, -0.2) is 36.3 Å². The third-order valence-corrected chi connectivity index (χ3v) is 5.06. The van der Waals surface area contributed by atoms with Crippen molar-refractivity contribution in [2.45, 2.75) is 47.3 Å². The maximum atomic E-state index is 12.5. The highest BCUT2D eigenvalue weighted by Gasteiger charge is 2.22. The Balaban J connectivity index is 2.12. The largest absolute Gasteiger partial charge is 0.448 e. The Hall–Kier alpha value is -3.37. The summed E-state index contributed by atoms with van der Waals surface area (Å²) in [6.07, 6.45) is 0.432. The van der Waals surface area contributed by atoms with Gasteiger partial charge < -0.3 is 19.4 Å². The van der Waals surface area contributed by atoms with Crippen molar-refractivity contribution in [2.75, 3.05) is 19.0 Å². The third kappa shape index (κ3) is 6.06. The average Bonchev–Trinajstić information content (AvgIpc) is 2.98. The topological polar surface area (TPSA) is 93.3 Å². The van der Waals surface area contributed by atoms with E-state index in [1.807, 2.05) is 52.0 Å². The second-order valence-electron chi connectivity index (χ2n) is 7.50. The summed E-state index contributed by atoms with van der Waals surface area (Å²) in [5, 5.41) is 12.2. The van der Waals surface area contributed by atoms with Gasteiger partial charge in [0.05, 0.1) is 6.61 Å². The van der Waals surface area contributed by atoms with Crippen LogP contribution >= 0.6 is 0 Å². The monoisotopic (exact) mass is 423 g/mol. The maximum Gasteiger partial charge on any atom is 0.349 e. The molecule has 7 nitrogen and oxygen atoms in total. The predicted octanol–water partition coefficient (Wildman–Crippen LogP) is 3.85. The molecule has 1 atom stereocenters. The lowest BCUT2D eigenvalue weighted by atomic mass is 10.1. The lowest BCUT2D eigenvalue weighted by molar-refractivity contribution is -0.148. The van der Waals surface area contributed by atoms with Gasteiger partial charge in [-0.1, -0.05) is 17.7 Å². The van der Waals surface area contributed by atoms with E-state index in [1.165, 1.54) is 13.0 Å². The summed E-state index contributed by atoms with van der Waals surface area (Å²) < 4.78 is 12.4. The van der Waals surface area contributed by atoms with E-state index in [-0.39, 0.29) is 5.57 Å². The van der Waals surface area contributed by atoms with Crippen LogP contribution in [0, 0.1) is 39.0 Å². The van der Waals surface area contributed by atoms with Gasteiger partial charge in [0.25, 0.3) is 5.91 Å². The predicted molar refractivity (Wildman–Crippen MR) is 119 cm³/mol. The summed E-state index contributed by atoms with van der Waals surface area (Å²) in [5.41, 5.74) is 5.13. The Morgan fingerprint density at radius 1 is 1.23 bits per heavy atom. The molecule has 1 heterocycles. The SMILES string of the molecule is COCCn1c(C)cc(/C=C(\C#N)C(=O)O[C@H](C)C(=O)Nc2ccc(C)cc2C)c1C. The molecule has 0 radical (unpaired) electrons. The minimum absolute atomic E-state index is 0.168.